The van der Waals surface area contributed by atoms with Crippen molar-refractivity contribution in [3.63, 3.8) is 0 Å². The van der Waals surface area contributed by atoms with Gasteiger partial charge in [-0.05, 0) is 61.7 Å². The SMILES string of the molecule is COc1ccc(OC)c(C2CCCN2CC(=O)NCc2ccc(C)c(F)c2)c1. The number of methoxy groups -OCH3 is 2. The summed E-state index contributed by atoms with van der Waals surface area (Å²) in [4.78, 5) is 14.6. The number of carbonyl (C=O) groups excluding carboxylic acids is 1. The lowest BCUT2D eigenvalue weighted by molar-refractivity contribution is -0.122. The number of amides is 1. The number of carbonyl (C=O) groups is 1. The Labute approximate surface area is 165 Å². The van der Waals surface area contributed by atoms with Gasteiger partial charge in [0.1, 0.15) is 17.3 Å². The lowest BCUT2D eigenvalue weighted by Gasteiger charge is -2.26. The fourth-order valence-corrected chi connectivity index (χ4v) is 3.65. The second-order valence-corrected chi connectivity index (χ2v) is 7.10. The zero-order valence-electron chi connectivity index (χ0n) is 16.6. The number of likely N-dealkylation sites (tertiary alicyclic amines) is 1. The van der Waals surface area contributed by atoms with Gasteiger partial charge in [-0.1, -0.05) is 12.1 Å². The molecule has 1 saturated heterocycles. The van der Waals surface area contributed by atoms with Crippen molar-refractivity contribution in [1.82, 2.24) is 10.2 Å². The smallest absolute Gasteiger partial charge is 0.234 e. The molecule has 0 aromatic heterocycles. The van der Waals surface area contributed by atoms with Crippen molar-refractivity contribution in [2.75, 3.05) is 27.3 Å². The minimum Gasteiger partial charge on any atom is -0.497 e. The summed E-state index contributed by atoms with van der Waals surface area (Å²) in [7, 11) is 3.29. The van der Waals surface area contributed by atoms with Crippen LogP contribution >= 0.6 is 0 Å². The first kappa shape index (κ1) is 20.1. The van der Waals surface area contributed by atoms with Crippen molar-refractivity contribution in [3.8, 4) is 11.5 Å². The molecule has 1 N–H and O–H groups in total. The highest BCUT2D eigenvalue weighted by Crippen LogP contribution is 2.38. The molecule has 0 bridgehead atoms. The van der Waals surface area contributed by atoms with Crippen LogP contribution in [0.4, 0.5) is 4.39 Å². The van der Waals surface area contributed by atoms with E-state index in [9.17, 15) is 9.18 Å². The van der Waals surface area contributed by atoms with Gasteiger partial charge in [-0.25, -0.2) is 4.39 Å². The van der Waals surface area contributed by atoms with Crippen LogP contribution in [0.25, 0.3) is 0 Å². The zero-order chi connectivity index (χ0) is 20.1. The molecule has 1 aliphatic rings. The topological polar surface area (TPSA) is 50.8 Å². The van der Waals surface area contributed by atoms with Crippen LogP contribution in [0.15, 0.2) is 36.4 Å². The van der Waals surface area contributed by atoms with Gasteiger partial charge in [0.05, 0.1) is 20.8 Å². The summed E-state index contributed by atoms with van der Waals surface area (Å²) < 4.78 is 24.5. The molecule has 0 saturated carbocycles. The molecule has 2 aromatic rings. The zero-order valence-corrected chi connectivity index (χ0v) is 16.6. The molecule has 5 nitrogen and oxygen atoms in total. The third-order valence-corrected chi connectivity index (χ3v) is 5.23. The van der Waals surface area contributed by atoms with Gasteiger partial charge < -0.3 is 14.8 Å². The van der Waals surface area contributed by atoms with Crippen molar-refractivity contribution in [2.24, 2.45) is 0 Å². The van der Waals surface area contributed by atoms with Crippen LogP contribution < -0.4 is 14.8 Å². The molecule has 1 atom stereocenters. The third-order valence-electron chi connectivity index (χ3n) is 5.23. The Bertz CT molecular complexity index is 841. The Balaban J connectivity index is 1.64. The van der Waals surface area contributed by atoms with Crippen molar-refractivity contribution >= 4 is 5.91 Å². The van der Waals surface area contributed by atoms with E-state index in [4.69, 9.17) is 9.47 Å². The van der Waals surface area contributed by atoms with Gasteiger partial charge in [0.2, 0.25) is 5.91 Å². The van der Waals surface area contributed by atoms with Crippen molar-refractivity contribution < 1.29 is 18.7 Å². The predicted octanol–water partition coefficient (Wildman–Crippen LogP) is 3.60. The number of halogens is 1. The molecule has 1 unspecified atom stereocenters. The van der Waals surface area contributed by atoms with E-state index in [0.29, 0.717) is 18.7 Å². The highest BCUT2D eigenvalue weighted by molar-refractivity contribution is 5.78. The quantitative estimate of drug-likeness (QED) is 0.790. The average Bonchev–Trinajstić information content (AvgIpc) is 3.16. The van der Waals surface area contributed by atoms with E-state index in [1.807, 2.05) is 24.3 Å². The first-order valence-corrected chi connectivity index (χ1v) is 9.49. The fraction of sp³-hybridized carbons (Fsp3) is 0.409. The van der Waals surface area contributed by atoms with Gasteiger partial charge in [-0.2, -0.15) is 0 Å². The van der Waals surface area contributed by atoms with E-state index in [-0.39, 0.29) is 17.8 Å². The summed E-state index contributed by atoms with van der Waals surface area (Å²) in [6.45, 7) is 3.17. The summed E-state index contributed by atoms with van der Waals surface area (Å²) in [5.74, 6) is 1.24. The van der Waals surface area contributed by atoms with Crippen LogP contribution in [0.1, 0.15) is 35.6 Å². The van der Waals surface area contributed by atoms with Crippen molar-refractivity contribution in [1.29, 1.82) is 0 Å². The summed E-state index contributed by atoms with van der Waals surface area (Å²) in [5, 5.41) is 2.89. The maximum absolute atomic E-state index is 13.7. The highest BCUT2D eigenvalue weighted by Gasteiger charge is 2.30. The molecule has 1 aliphatic heterocycles. The second kappa shape index (κ2) is 9.06. The van der Waals surface area contributed by atoms with E-state index in [2.05, 4.69) is 10.2 Å². The van der Waals surface area contributed by atoms with Crippen molar-refractivity contribution in [3.05, 3.63) is 58.9 Å². The van der Waals surface area contributed by atoms with Gasteiger partial charge in [-0.15, -0.1) is 0 Å². The van der Waals surface area contributed by atoms with Crippen LogP contribution in [0.2, 0.25) is 0 Å². The lowest BCUT2D eigenvalue weighted by Crippen LogP contribution is -2.36. The van der Waals surface area contributed by atoms with E-state index >= 15 is 0 Å². The predicted molar refractivity (Wildman–Crippen MR) is 106 cm³/mol. The minimum atomic E-state index is -0.253. The Kier molecular flexibility index (Phi) is 6.52. The molecule has 1 heterocycles. The summed E-state index contributed by atoms with van der Waals surface area (Å²) >= 11 is 0. The van der Waals surface area contributed by atoms with Crippen LogP contribution in [-0.2, 0) is 11.3 Å². The van der Waals surface area contributed by atoms with E-state index in [0.717, 1.165) is 42.0 Å². The van der Waals surface area contributed by atoms with Crippen LogP contribution in [0.5, 0.6) is 11.5 Å². The van der Waals surface area contributed by atoms with E-state index in [1.54, 1.807) is 27.2 Å². The molecule has 1 amide bonds. The molecule has 28 heavy (non-hydrogen) atoms. The molecule has 150 valence electrons. The standard InChI is InChI=1S/C22H27FN2O3/c1-15-6-7-16(11-19(15)23)13-24-22(26)14-25-10-4-5-20(25)18-12-17(27-2)8-9-21(18)28-3/h6-9,11-12,20H,4-5,10,13-14H2,1-3H3,(H,24,26). The summed E-state index contributed by atoms with van der Waals surface area (Å²) in [6, 6.07) is 10.9. The molecule has 2 aromatic carbocycles. The molecular formula is C22H27FN2O3. The Morgan fingerprint density at radius 3 is 2.75 bits per heavy atom. The van der Waals surface area contributed by atoms with Crippen molar-refractivity contribution in [2.45, 2.75) is 32.4 Å². The number of hydrogen-bond acceptors (Lipinski definition) is 4. The number of nitrogens with zero attached hydrogens (tertiary/aromatic N) is 1. The lowest BCUT2D eigenvalue weighted by atomic mass is 10.0. The van der Waals surface area contributed by atoms with Gasteiger partial charge in [-0.3, -0.25) is 9.69 Å². The molecule has 6 heteroatoms. The molecular weight excluding hydrogens is 359 g/mol. The number of ether oxygens (including phenoxy) is 2. The van der Waals surface area contributed by atoms with E-state index in [1.165, 1.54) is 6.07 Å². The minimum absolute atomic E-state index is 0.0743. The summed E-state index contributed by atoms with van der Waals surface area (Å²) in [5.41, 5.74) is 2.39. The van der Waals surface area contributed by atoms with Gasteiger partial charge in [0.15, 0.2) is 0 Å². The number of nitrogens with one attached hydrogen (secondary N) is 1. The highest BCUT2D eigenvalue weighted by atomic mass is 19.1. The normalized spacial score (nSPS) is 16.8. The number of hydrogen-bond donors (Lipinski definition) is 1. The van der Waals surface area contributed by atoms with Crippen LogP contribution in [-0.4, -0.2) is 38.1 Å². The molecule has 0 aliphatic carbocycles. The largest absolute Gasteiger partial charge is 0.497 e. The van der Waals surface area contributed by atoms with E-state index < -0.39 is 0 Å². The van der Waals surface area contributed by atoms with Crippen LogP contribution in [0, 0.1) is 12.7 Å². The molecule has 3 rings (SSSR count). The van der Waals surface area contributed by atoms with Crippen LogP contribution in [0.3, 0.4) is 0 Å². The Morgan fingerprint density at radius 1 is 1.21 bits per heavy atom. The third kappa shape index (κ3) is 4.62. The van der Waals surface area contributed by atoms with Gasteiger partial charge in [0.25, 0.3) is 0 Å². The molecule has 0 spiro atoms. The number of benzene rings is 2. The maximum Gasteiger partial charge on any atom is 0.234 e. The van der Waals surface area contributed by atoms with Gasteiger partial charge >= 0.3 is 0 Å². The maximum atomic E-state index is 13.7. The number of aryl methyl sites for hydroxylation is 1. The Hall–Kier alpha value is -2.60. The monoisotopic (exact) mass is 386 g/mol. The first-order valence-electron chi connectivity index (χ1n) is 9.49. The average molecular weight is 386 g/mol. The molecule has 0 radical (unpaired) electrons. The fourth-order valence-electron chi connectivity index (χ4n) is 3.65. The Morgan fingerprint density at radius 2 is 2.04 bits per heavy atom. The summed E-state index contributed by atoms with van der Waals surface area (Å²) in [6.07, 6.45) is 1.97. The first-order chi connectivity index (χ1) is 13.5. The molecule has 1 fully saturated rings. The second-order valence-electron chi connectivity index (χ2n) is 7.10. The van der Waals surface area contributed by atoms with Gasteiger partial charge in [0, 0.05) is 18.2 Å². The number of rotatable bonds is 7.